The van der Waals surface area contributed by atoms with Crippen molar-refractivity contribution in [3.05, 3.63) is 24.0 Å². The van der Waals surface area contributed by atoms with Gasteiger partial charge < -0.3 is 5.73 Å². The number of anilines is 1. The minimum atomic E-state index is -3.70. The lowest BCUT2D eigenvalue weighted by molar-refractivity contribution is 0.263. The summed E-state index contributed by atoms with van der Waals surface area (Å²) in [6, 6.07) is 3.47. The van der Waals surface area contributed by atoms with E-state index < -0.39 is 15.8 Å². The zero-order valence-electron chi connectivity index (χ0n) is 11.7. The smallest absolute Gasteiger partial charge is 0.240 e. The molecule has 1 atom stereocenters. The normalized spacial score (nSPS) is 14.4. The number of hydrogen-bond acceptors (Lipinski definition) is 3. The fourth-order valence-corrected chi connectivity index (χ4v) is 2.44. The Morgan fingerprint density at radius 3 is 2.42 bits per heavy atom. The van der Waals surface area contributed by atoms with E-state index in [0.29, 0.717) is 6.54 Å². The van der Waals surface area contributed by atoms with Crippen LogP contribution in [-0.4, -0.2) is 15.0 Å². The van der Waals surface area contributed by atoms with Gasteiger partial charge in [-0.1, -0.05) is 27.7 Å². The van der Waals surface area contributed by atoms with Gasteiger partial charge in [0.1, 0.15) is 5.82 Å². The number of rotatable bonds is 4. The molecule has 0 aromatic heterocycles. The highest BCUT2D eigenvalue weighted by molar-refractivity contribution is 7.89. The van der Waals surface area contributed by atoms with Gasteiger partial charge in [-0.15, -0.1) is 0 Å². The van der Waals surface area contributed by atoms with Gasteiger partial charge in [-0.05, 0) is 29.5 Å². The van der Waals surface area contributed by atoms with Crippen LogP contribution < -0.4 is 10.5 Å². The zero-order chi connectivity index (χ0) is 14.8. The van der Waals surface area contributed by atoms with Gasteiger partial charge in [0, 0.05) is 6.54 Å². The van der Waals surface area contributed by atoms with E-state index in [1.54, 1.807) is 0 Å². The van der Waals surface area contributed by atoms with Crippen LogP contribution in [0.3, 0.4) is 0 Å². The monoisotopic (exact) mass is 288 g/mol. The van der Waals surface area contributed by atoms with E-state index in [1.807, 2.05) is 27.7 Å². The topological polar surface area (TPSA) is 72.2 Å². The molecule has 4 nitrogen and oxygen atoms in total. The molecule has 1 aromatic carbocycles. The van der Waals surface area contributed by atoms with Crippen molar-refractivity contribution in [2.45, 2.75) is 32.6 Å². The second kappa shape index (κ2) is 5.46. The average molecular weight is 288 g/mol. The van der Waals surface area contributed by atoms with Gasteiger partial charge in [-0.2, -0.15) is 0 Å². The number of hydrogen-bond donors (Lipinski definition) is 2. The Labute approximate surface area is 114 Å². The summed E-state index contributed by atoms with van der Waals surface area (Å²) in [5, 5.41) is 0. The van der Waals surface area contributed by atoms with E-state index in [4.69, 9.17) is 5.73 Å². The van der Waals surface area contributed by atoms with Crippen molar-refractivity contribution in [3.8, 4) is 0 Å². The highest BCUT2D eigenvalue weighted by atomic mass is 32.2. The lowest BCUT2D eigenvalue weighted by Crippen LogP contribution is -2.33. The van der Waals surface area contributed by atoms with Gasteiger partial charge in [-0.3, -0.25) is 0 Å². The van der Waals surface area contributed by atoms with Crippen molar-refractivity contribution < 1.29 is 12.8 Å². The summed E-state index contributed by atoms with van der Waals surface area (Å²) in [7, 11) is -3.70. The second-order valence-electron chi connectivity index (χ2n) is 5.80. The summed E-state index contributed by atoms with van der Waals surface area (Å²) in [5.74, 6) is -0.576. The molecule has 0 spiro atoms. The molecule has 3 N–H and O–H groups in total. The first-order valence-corrected chi connectivity index (χ1v) is 7.57. The lowest BCUT2D eigenvalue weighted by Gasteiger charge is -2.27. The van der Waals surface area contributed by atoms with Crippen LogP contribution in [0, 0.1) is 17.2 Å². The third kappa shape index (κ3) is 4.18. The van der Waals surface area contributed by atoms with Gasteiger partial charge in [-0.25, -0.2) is 17.5 Å². The van der Waals surface area contributed by atoms with Gasteiger partial charge in [0.2, 0.25) is 10.0 Å². The Morgan fingerprint density at radius 1 is 1.37 bits per heavy atom. The third-order valence-electron chi connectivity index (χ3n) is 3.34. The van der Waals surface area contributed by atoms with Gasteiger partial charge in [0.25, 0.3) is 0 Å². The molecule has 0 saturated heterocycles. The fourth-order valence-electron chi connectivity index (χ4n) is 1.30. The van der Waals surface area contributed by atoms with Crippen LogP contribution in [0.1, 0.15) is 27.7 Å². The molecule has 1 unspecified atom stereocenters. The molecular weight excluding hydrogens is 267 g/mol. The summed E-state index contributed by atoms with van der Waals surface area (Å²) < 4.78 is 39.8. The molecule has 108 valence electrons. The Hall–Kier alpha value is -1.14. The zero-order valence-corrected chi connectivity index (χ0v) is 12.5. The maximum Gasteiger partial charge on any atom is 0.240 e. The fraction of sp³-hybridized carbons (Fsp3) is 0.538. The molecule has 0 aliphatic carbocycles. The van der Waals surface area contributed by atoms with Crippen molar-refractivity contribution in [2.24, 2.45) is 11.3 Å². The predicted octanol–water partition coefficient (Wildman–Crippen LogP) is 2.37. The van der Waals surface area contributed by atoms with E-state index >= 15 is 0 Å². The summed E-state index contributed by atoms with van der Waals surface area (Å²) in [5.41, 5.74) is 5.25. The number of nitrogens with one attached hydrogen (secondary N) is 1. The maximum absolute atomic E-state index is 13.3. The molecule has 0 heterocycles. The molecule has 19 heavy (non-hydrogen) atoms. The molecule has 0 fully saturated rings. The molecule has 0 radical (unpaired) electrons. The summed E-state index contributed by atoms with van der Waals surface area (Å²) in [6.45, 7) is 8.38. The molecular formula is C13H21FN2O2S. The number of halogens is 1. The highest BCUT2D eigenvalue weighted by Gasteiger charge is 2.23. The number of nitrogen functional groups attached to an aromatic ring is 1. The Bertz CT molecular complexity index is 550. The van der Waals surface area contributed by atoms with Gasteiger partial charge in [0.05, 0.1) is 10.6 Å². The molecule has 0 saturated carbocycles. The first-order valence-electron chi connectivity index (χ1n) is 6.09. The first-order chi connectivity index (χ1) is 8.54. The van der Waals surface area contributed by atoms with Crippen molar-refractivity contribution >= 4 is 15.7 Å². The Morgan fingerprint density at radius 2 is 1.95 bits per heavy atom. The highest BCUT2D eigenvalue weighted by Crippen LogP contribution is 2.25. The quantitative estimate of drug-likeness (QED) is 0.835. The maximum atomic E-state index is 13.3. The first kappa shape index (κ1) is 15.9. The Balaban J connectivity index is 2.85. The van der Waals surface area contributed by atoms with Crippen LogP contribution in [-0.2, 0) is 10.0 Å². The molecule has 0 amide bonds. The number of nitrogens with two attached hydrogens (primary N) is 1. The molecule has 0 aliphatic heterocycles. The van der Waals surface area contributed by atoms with Crippen LogP contribution in [0.5, 0.6) is 0 Å². The van der Waals surface area contributed by atoms with E-state index in [0.717, 1.165) is 6.07 Å². The predicted molar refractivity (Wildman–Crippen MR) is 74.6 cm³/mol. The molecule has 0 bridgehead atoms. The van der Waals surface area contributed by atoms with E-state index in [2.05, 4.69) is 4.72 Å². The van der Waals surface area contributed by atoms with Crippen LogP contribution in [0.25, 0.3) is 0 Å². The summed E-state index contributed by atoms with van der Waals surface area (Å²) >= 11 is 0. The summed E-state index contributed by atoms with van der Waals surface area (Å²) in [6.07, 6.45) is 0. The minimum Gasteiger partial charge on any atom is -0.396 e. The van der Waals surface area contributed by atoms with Crippen molar-refractivity contribution in [1.29, 1.82) is 0 Å². The number of sulfonamides is 1. The van der Waals surface area contributed by atoms with Gasteiger partial charge in [0.15, 0.2) is 0 Å². The molecule has 1 aromatic rings. The van der Waals surface area contributed by atoms with Crippen LogP contribution in [0.15, 0.2) is 23.1 Å². The minimum absolute atomic E-state index is 0.00507. The standard InChI is InChI=1S/C13H21FN2O2S/c1-9(13(2,3)4)8-16-19(17,18)10-5-6-12(15)11(14)7-10/h5-7,9,16H,8,15H2,1-4H3. The summed E-state index contributed by atoms with van der Waals surface area (Å²) in [4.78, 5) is -0.111. The average Bonchev–Trinajstić information content (AvgIpc) is 2.28. The second-order valence-corrected chi connectivity index (χ2v) is 7.57. The molecule has 0 aliphatic rings. The van der Waals surface area contributed by atoms with Crippen LogP contribution >= 0.6 is 0 Å². The largest absolute Gasteiger partial charge is 0.396 e. The third-order valence-corrected chi connectivity index (χ3v) is 4.76. The Kier molecular flexibility index (Phi) is 4.58. The molecule has 6 heteroatoms. The van der Waals surface area contributed by atoms with Crippen molar-refractivity contribution in [3.63, 3.8) is 0 Å². The molecule has 1 rings (SSSR count). The lowest BCUT2D eigenvalue weighted by atomic mass is 9.82. The van der Waals surface area contributed by atoms with Crippen LogP contribution in [0.4, 0.5) is 10.1 Å². The van der Waals surface area contributed by atoms with E-state index in [9.17, 15) is 12.8 Å². The van der Waals surface area contributed by atoms with Crippen LogP contribution in [0.2, 0.25) is 0 Å². The number of benzene rings is 1. The van der Waals surface area contributed by atoms with Crippen molar-refractivity contribution in [1.82, 2.24) is 4.72 Å². The van der Waals surface area contributed by atoms with Crippen molar-refractivity contribution in [2.75, 3.05) is 12.3 Å². The van der Waals surface area contributed by atoms with E-state index in [1.165, 1.54) is 12.1 Å². The van der Waals surface area contributed by atoms with E-state index in [-0.39, 0.29) is 21.9 Å². The SMILES string of the molecule is CC(CNS(=O)(=O)c1ccc(N)c(F)c1)C(C)(C)C. The van der Waals surface area contributed by atoms with Gasteiger partial charge >= 0.3 is 0 Å².